The molecule has 1 aliphatic heterocycles. The Labute approximate surface area is 206 Å². The molecule has 0 bridgehead atoms. The molecule has 0 amide bonds. The zero-order valence-corrected chi connectivity index (χ0v) is 20.6. The Morgan fingerprint density at radius 2 is 2.09 bits per heavy atom. The Hall–Kier alpha value is -2.99. The second kappa shape index (κ2) is 11.6. The van der Waals surface area contributed by atoms with Crippen LogP contribution in [0.15, 0.2) is 54.7 Å². The van der Waals surface area contributed by atoms with Crippen molar-refractivity contribution in [1.82, 2.24) is 9.88 Å². The van der Waals surface area contributed by atoms with Crippen LogP contribution in [0.4, 0.5) is 4.39 Å². The lowest BCUT2D eigenvalue weighted by Gasteiger charge is -2.37. The number of aromatic nitrogens is 1. The maximum atomic E-state index is 15.4. The number of alkyl halides is 1. The average molecular weight is 479 g/mol. The van der Waals surface area contributed by atoms with Crippen molar-refractivity contribution in [2.24, 2.45) is 11.8 Å². The molecule has 6 heteroatoms. The molecule has 1 aliphatic rings. The lowest BCUT2D eigenvalue weighted by molar-refractivity contribution is -0.146. The number of hydrogen-bond acceptors (Lipinski definition) is 4. The quantitative estimate of drug-likeness (QED) is 0.387. The first kappa shape index (κ1) is 25.1. The lowest BCUT2D eigenvalue weighted by atomic mass is 9.81. The molecule has 0 aliphatic carbocycles. The second-order valence-electron chi connectivity index (χ2n) is 9.65. The number of carboxylic acid groups (broad SMARTS) is 1. The standard InChI is InChI=1S/C29H35FN2O3/c1-20-6-3-4-7-21(20)8-5-16-32-17-14-22(26(19-32)29(33)34)9-11-27(30)24-13-15-31-28-12-10-23(35-2)18-25(24)28/h3-4,6-7,10,12-13,15,18,22,26-27H,5,8-9,11,14,16-17,19H2,1-2H3,(H,33,34)/t22-,26+,27+/m1/s1. The maximum Gasteiger partial charge on any atom is 0.308 e. The molecule has 0 spiro atoms. The van der Waals surface area contributed by atoms with Crippen LogP contribution in [-0.2, 0) is 11.2 Å². The third-order valence-electron chi connectivity index (χ3n) is 7.45. The molecule has 186 valence electrons. The first-order chi connectivity index (χ1) is 17.0. The van der Waals surface area contributed by atoms with Crippen LogP contribution < -0.4 is 4.74 Å². The van der Waals surface area contributed by atoms with E-state index in [2.05, 4.69) is 41.1 Å². The Balaban J connectivity index is 1.34. The number of pyridine rings is 1. The minimum Gasteiger partial charge on any atom is -0.497 e. The van der Waals surface area contributed by atoms with Gasteiger partial charge in [-0.2, -0.15) is 0 Å². The SMILES string of the molecule is COc1ccc2nccc([C@@H](F)CC[C@@H]3CCN(CCCc4ccccc4C)C[C@@H]3C(=O)O)c2c1. The van der Waals surface area contributed by atoms with Gasteiger partial charge in [-0.05, 0) is 99.0 Å². The number of likely N-dealkylation sites (tertiary alicyclic amines) is 1. The van der Waals surface area contributed by atoms with E-state index < -0.39 is 18.1 Å². The van der Waals surface area contributed by atoms with Gasteiger partial charge in [0.1, 0.15) is 11.9 Å². The van der Waals surface area contributed by atoms with Gasteiger partial charge >= 0.3 is 5.97 Å². The van der Waals surface area contributed by atoms with Crippen LogP contribution in [0.3, 0.4) is 0 Å². The fraction of sp³-hybridized carbons (Fsp3) is 0.448. The van der Waals surface area contributed by atoms with Crippen LogP contribution in [0.1, 0.15) is 48.5 Å². The predicted octanol–water partition coefficient (Wildman–Crippen LogP) is 6.00. The second-order valence-corrected chi connectivity index (χ2v) is 9.65. The van der Waals surface area contributed by atoms with Crippen LogP contribution in [0.5, 0.6) is 5.75 Å². The van der Waals surface area contributed by atoms with Gasteiger partial charge in [-0.15, -0.1) is 0 Å². The summed E-state index contributed by atoms with van der Waals surface area (Å²) in [5, 5.41) is 10.7. The van der Waals surface area contributed by atoms with E-state index >= 15 is 4.39 Å². The zero-order valence-electron chi connectivity index (χ0n) is 20.6. The van der Waals surface area contributed by atoms with Crippen LogP contribution >= 0.6 is 0 Å². The fourth-order valence-corrected chi connectivity index (χ4v) is 5.34. The van der Waals surface area contributed by atoms with E-state index in [1.807, 2.05) is 18.2 Å². The maximum absolute atomic E-state index is 15.4. The fourth-order valence-electron chi connectivity index (χ4n) is 5.34. The number of carbonyl (C=O) groups is 1. The van der Waals surface area contributed by atoms with E-state index in [1.54, 1.807) is 19.4 Å². The number of nitrogens with zero attached hydrogens (tertiary/aromatic N) is 2. The van der Waals surface area contributed by atoms with E-state index in [0.717, 1.165) is 43.3 Å². The minimum atomic E-state index is -1.17. The van der Waals surface area contributed by atoms with Crippen molar-refractivity contribution < 1.29 is 19.0 Å². The first-order valence-electron chi connectivity index (χ1n) is 12.5. The molecule has 0 saturated carbocycles. The van der Waals surface area contributed by atoms with Crippen molar-refractivity contribution in [3.63, 3.8) is 0 Å². The molecule has 1 saturated heterocycles. The molecular formula is C29H35FN2O3. The lowest BCUT2D eigenvalue weighted by Crippen LogP contribution is -2.44. The molecule has 4 rings (SSSR count). The van der Waals surface area contributed by atoms with Gasteiger partial charge in [-0.1, -0.05) is 24.3 Å². The number of piperidine rings is 1. The molecule has 5 nitrogen and oxygen atoms in total. The van der Waals surface area contributed by atoms with E-state index in [0.29, 0.717) is 30.7 Å². The number of rotatable bonds is 10. The highest BCUT2D eigenvalue weighted by molar-refractivity contribution is 5.83. The third-order valence-corrected chi connectivity index (χ3v) is 7.45. The molecule has 0 unspecified atom stereocenters. The molecule has 1 N–H and O–H groups in total. The number of aryl methyl sites for hydroxylation is 2. The summed E-state index contributed by atoms with van der Waals surface area (Å²) < 4.78 is 20.7. The summed E-state index contributed by atoms with van der Waals surface area (Å²) >= 11 is 0. The van der Waals surface area contributed by atoms with E-state index in [9.17, 15) is 9.90 Å². The molecule has 3 atom stereocenters. The van der Waals surface area contributed by atoms with Crippen molar-refractivity contribution >= 4 is 16.9 Å². The van der Waals surface area contributed by atoms with Crippen molar-refractivity contribution in [2.75, 3.05) is 26.7 Å². The summed E-state index contributed by atoms with van der Waals surface area (Å²) in [6.07, 6.45) is 4.12. The van der Waals surface area contributed by atoms with Gasteiger partial charge in [0.25, 0.3) is 0 Å². The molecule has 1 fully saturated rings. The summed E-state index contributed by atoms with van der Waals surface area (Å²) in [5.74, 6) is -0.572. The highest BCUT2D eigenvalue weighted by Gasteiger charge is 2.34. The highest BCUT2D eigenvalue weighted by atomic mass is 19.1. The number of hydrogen-bond donors (Lipinski definition) is 1. The van der Waals surface area contributed by atoms with Gasteiger partial charge in [0, 0.05) is 18.1 Å². The molecule has 3 aromatic rings. The summed E-state index contributed by atoms with van der Waals surface area (Å²) in [4.78, 5) is 18.7. The summed E-state index contributed by atoms with van der Waals surface area (Å²) in [6, 6.07) is 15.6. The van der Waals surface area contributed by atoms with Crippen molar-refractivity contribution in [3.8, 4) is 5.75 Å². The number of carboxylic acids is 1. The number of ether oxygens (including phenoxy) is 1. The topological polar surface area (TPSA) is 62.7 Å². The molecule has 35 heavy (non-hydrogen) atoms. The van der Waals surface area contributed by atoms with Gasteiger partial charge < -0.3 is 14.7 Å². The summed E-state index contributed by atoms with van der Waals surface area (Å²) in [6.45, 7) is 4.43. The average Bonchev–Trinajstić information content (AvgIpc) is 2.88. The Bertz CT molecular complexity index is 1150. The normalized spacial score (nSPS) is 19.5. The largest absolute Gasteiger partial charge is 0.497 e. The van der Waals surface area contributed by atoms with Gasteiger partial charge in [0.2, 0.25) is 0 Å². The van der Waals surface area contributed by atoms with Gasteiger partial charge in [0.05, 0.1) is 18.5 Å². The third kappa shape index (κ3) is 6.17. The molecule has 0 radical (unpaired) electrons. The van der Waals surface area contributed by atoms with Crippen LogP contribution in [-0.4, -0.2) is 47.7 Å². The number of fused-ring (bicyclic) bond motifs is 1. The Morgan fingerprint density at radius 1 is 1.26 bits per heavy atom. The molecule has 2 heterocycles. The Morgan fingerprint density at radius 3 is 2.86 bits per heavy atom. The van der Waals surface area contributed by atoms with Crippen LogP contribution in [0.2, 0.25) is 0 Å². The highest BCUT2D eigenvalue weighted by Crippen LogP contribution is 2.35. The Kier molecular flexibility index (Phi) is 8.34. The van der Waals surface area contributed by atoms with E-state index in [4.69, 9.17) is 4.74 Å². The number of aliphatic carboxylic acids is 1. The first-order valence-corrected chi connectivity index (χ1v) is 12.5. The minimum absolute atomic E-state index is 0.0130. The van der Waals surface area contributed by atoms with Crippen LogP contribution in [0, 0.1) is 18.8 Å². The van der Waals surface area contributed by atoms with Gasteiger partial charge in [-0.3, -0.25) is 9.78 Å². The van der Waals surface area contributed by atoms with E-state index in [-0.39, 0.29) is 5.92 Å². The molecule has 2 aromatic carbocycles. The zero-order chi connectivity index (χ0) is 24.8. The number of benzene rings is 2. The van der Waals surface area contributed by atoms with Gasteiger partial charge in [0.15, 0.2) is 0 Å². The number of halogens is 1. The van der Waals surface area contributed by atoms with Crippen molar-refractivity contribution in [2.45, 2.75) is 45.2 Å². The predicted molar refractivity (Wildman–Crippen MR) is 137 cm³/mol. The smallest absolute Gasteiger partial charge is 0.308 e. The summed E-state index contributed by atoms with van der Waals surface area (Å²) in [7, 11) is 1.59. The monoisotopic (exact) mass is 478 g/mol. The van der Waals surface area contributed by atoms with Crippen molar-refractivity contribution in [3.05, 3.63) is 71.4 Å². The van der Waals surface area contributed by atoms with Gasteiger partial charge in [-0.25, -0.2) is 4.39 Å². The van der Waals surface area contributed by atoms with Crippen molar-refractivity contribution in [1.29, 1.82) is 0 Å². The molecule has 1 aromatic heterocycles. The van der Waals surface area contributed by atoms with Crippen LogP contribution in [0.25, 0.3) is 10.9 Å². The molecular weight excluding hydrogens is 443 g/mol. The number of methoxy groups -OCH3 is 1. The van der Waals surface area contributed by atoms with E-state index in [1.165, 1.54) is 11.1 Å². The summed E-state index contributed by atoms with van der Waals surface area (Å²) in [5.41, 5.74) is 3.98.